The van der Waals surface area contributed by atoms with Crippen LogP contribution in [0.15, 0.2) is 28.4 Å². The van der Waals surface area contributed by atoms with Crippen molar-refractivity contribution in [1.82, 2.24) is 19.5 Å². The molecule has 6 heteroatoms. The van der Waals surface area contributed by atoms with Gasteiger partial charge in [0.1, 0.15) is 5.82 Å². The molecule has 0 aromatic carbocycles. The summed E-state index contributed by atoms with van der Waals surface area (Å²) in [5, 5.41) is 0.687. The molecule has 0 unspecified atom stereocenters. The van der Waals surface area contributed by atoms with Gasteiger partial charge in [0.2, 0.25) is 0 Å². The zero-order valence-electron chi connectivity index (χ0n) is 10.1. The summed E-state index contributed by atoms with van der Waals surface area (Å²) in [5.41, 5.74) is 0.871. The van der Waals surface area contributed by atoms with E-state index in [0.29, 0.717) is 16.8 Å². The zero-order chi connectivity index (χ0) is 12.5. The molecule has 2 aromatic rings. The number of hydrogen-bond acceptors (Lipinski definition) is 4. The Labute approximate surface area is 109 Å². The first kappa shape index (κ1) is 11.5. The number of rotatable bonds is 4. The van der Waals surface area contributed by atoms with E-state index in [1.165, 1.54) is 11.8 Å². The normalized spacial score (nSPS) is 14.9. The lowest BCUT2D eigenvalue weighted by molar-refractivity contribution is 0.838. The van der Waals surface area contributed by atoms with Crippen LogP contribution in [0.3, 0.4) is 0 Å². The van der Waals surface area contributed by atoms with E-state index >= 15 is 0 Å². The number of nitrogens with one attached hydrogen (secondary N) is 1. The molecule has 5 nitrogen and oxygen atoms in total. The van der Waals surface area contributed by atoms with Gasteiger partial charge in [-0.05, 0) is 12.8 Å². The van der Waals surface area contributed by atoms with Crippen LogP contribution in [0.2, 0.25) is 0 Å². The number of H-pyrrole nitrogens is 1. The molecule has 0 saturated heterocycles. The summed E-state index contributed by atoms with van der Waals surface area (Å²) in [7, 11) is 1.96. The van der Waals surface area contributed by atoms with Gasteiger partial charge in [-0.25, -0.2) is 9.97 Å². The molecule has 0 aliphatic heterocycles. The molecule has 1 N–H and O–H groups in total. The smallest absolute Gasteiger partial charge is 0.251 e. The lowest BCUT2D eigenvalue weighted by Gasteiger charge is -2.03. The SMILES string of the molecule is Cn1ccnc1CSc1nc(C2CC2)cc(=O)[nH]1. The van der Waals surface area contributed by atoms with E-state index in [1.54, 1.807) is 12.3 Å². The van der Waals surface area contributed by atoms with Gasteiger partial charge in [-0.15, -0.1) is 0 Å². The molecular weight excluding hydrogens is 248 g/mol. The highest BCUT2D eigenvalue weighted by atomic mass is 32.2. The van der Waals surface area contributed by atoms with E-state index in [2.05, 4.69) is 15.0 Å². The van der Waals surface area contributed by atoms with Crippen LogP contribution in [-0.2, 0) is 12.8 Å². The molecule has 0 radical (unpaired) electrons. The largest absolute Gasteiger partial charge is 0.337 e. The number of aryl methyl sites for hydroxylation is 1. The van der Waals surface area contributed by atoms with Crippen LogP contribution in [0.4, 0.5) is 0 Å². The molecule has 2 aromatic heterocycles. The number of aromatic nitrogens is 4. The summed E-state index contributed by atoms with van der Waals surface area (Å²) in [6.07, 6.45) is 5.99. The lowest BCUT2D eigenvalue weighted by atomic mass is 10.3. The quantitative estimate of drug-likeness (QED) is 0.672. The minimum atomic E-state index is -0.0609. The van der Waals surface area contributed by atoms with E-state index in [4.69, 9.17) is 0 Å². The Morgan fingerprint density at radius 1 is 1.56 bits per heavy atom. The highest BCUT2D eigenvalue weighted by Crippen LogP contribution is 2.38. The second-order valence-corrected chi connectivity index (χ2v) is 5.46. The molecular formula is C12H14N4OS. The minimum Gasteiger partial charge on any atom is -0.337 e. The number of thioether (sulfide) groups is 1. The molecule has 94 valence electrons. The van der Waals surface area contributed by atoms with Crippen molar-refractivity contribution in [3.8, 4) is 0 Å². The van der Waals surface area contributed by atoms with Gasteiger partial charge in [-0.3, -0.25) is 4.79 Å². The first-order valence-corrected chi connectivity index (χ1v) is 6.91. The molecule has 0 bridgehead atoms. The highest BCUT2D eigenvalue weighted by Gasteiger charge is 2.25. The molecule has 3 rings (SSSR count). The Bertz CT molecular complexity index is 615. The molecule has 0 amide bonds. The van der Waals surface area contributed by atoms with Gasteiger partial charge < -0.3 is 9.55 Å². The molecule has 1 aliphatic rings. The van der Waals surface area contributed by atoms with Crippen molar-refractivity contribution in [2.75, 3.05) is 0 Å². The predicted molar refractivity (Wildman–Crippen MR) is 69.6 cm³/mol. The summed E-state index contributed by atoms with van der Waals surface area (Å²) in [6.45, 7) is 0. The van der Waals surface area contributed by atoms with Gasteiger partial charge in [0.05, 0.1) is 11.4 Å². The third kappa shape index (κ3) is 2.48. The molecule has 1 saturated carbocycles. The van der Waals surface area contributed by atoms with E-state index in [-0.39, 0.29) is 5.56 Å². The van der Waals surface area contributed by atoms with E-state index in [0.717, 1.165) is 24.4 Å². The molecule has 0 spiro atoms. The summed E-state index contributed by atoms with van der Waals surface area (Å²) in [5.74, 6) is 2.18. The molecule has 0 atom stereocenters. The maximum atomic E-state index is 11.5. The van der Waals surface area contributed by atoms with Crippen molar-refractivity contribution in [2.24, 2.45) is 7.05 Å². The molecule has 1 aliphatic carbocycles. The van der Waals surface area contributed by atoms with Crippen molar-refractivity contribution >= 4 is 11.8 Å². The Morgan fingerprint density at radius 2 is 2.39 bits per heavy atom. The van der Waals surface area contributed by atoms with E-state index in [9.17, 15) is 4.79 Å². The summed E-state index contributed by atoms with van der Waals surface area (Å²) in [4.78, 5) is 23.1. The fourth-order valence-corrected chi connectivity index (χ4v) is 2.67. The third-order valence-corrected chi connectivity index (χ3v) is 3.86. The first-order valence-electron chi connectivity index (χ1n) is 5.92. The van der Waals surface area contributed by atoms with Crippen molar-refractivity contribution in [2.45, 2.75) is 29.7 Å². The van der Waals surface area contributed by atoms with Gasteiger partial charge in [0.25, 0.3) is 5.56 Å². The predicted octanol–water partition coefficient (Wildman–Crippen LogP) is 1.67. The van der Waals surface area contributed by atoms with Crippen molar-refractivity contribution < 1.29 is 0 Å². The van der Waals surface area contributed by atoms with Crippen molar-refractivity contribution in [1.29, 1.82) is 0 Å². The van der Waals surface area contributed by atoms with Gasteiger partial charge in [-0.1, -0.05) is 11.8 Å². The molecule has 2 heterocycles. The first-order chi connectivity index (χ1) is 8.72. The monoisotopic (exact) mass is 262 g/mol. The van der Waals surface area contributed by atoms with Gasteiger partial charge in [0, 0.05) is 31.4 Å². The van der Waals surface area contributed by atoms with Crippen LogP contribution < -0.4 is 5.56 Å². The van der Waals surface area contributed by atoms with Crippen LogP contribution in [0.1, 0.15) is 30.3 Å². The summed E-state index contributed by atoms with van der Waals surface area (Å²) >= 11 is 1.52. The van der Waals surface area contributed by atoms with Crippen molar-refractivity contribution in [3.63, 3.8) is 0 Å². The standard InChI is InChI=1S/C12H14N4OS/c1-16-5-4-13-10(16)7-18-12-14-9(8-2-3-8)6-11(17)15-12/h4-6,8H,2-3,7H2,1H3,(H,14,15,17). The van der Waals surface area contributed by atoms with Crippen LogP contribution >= 0.6 is 11.8 Å². The van der Waals surface area contributed by atoms with Crippen molar-refractivity contribution in [3.05, 3.63) is 40.3 Å². The fraction of sp³-hybridized carbons (Fsp3) is 0.417. The second kappa shape index (κ2) is 4.61. The average molecular weight is 262 g/mol. The Balaban J connectivity index is 1.76. The Kier molecular flexibility index (Phi) is 2.95. The second-order valence-electron chi connectivity index (χ2n) is 4.49. The average Bonchev–Trinajstić information content (AvgIpc) is 3.11. The van der Waals surface area contributed by atoms with Crippen LogP contribution in [-0.4, -0.2) is 19.5 Å². The lowest BCUT2D eigenvalue weighted by Crippen LogP contribution is -2.09. The summed E-state index contributed by atoms with van der Waals surface area (Å²) in [6, 6.07) is 1.61. The molecule has 18 heavy (non-hydrogen) atoms. The van der Waals surface area contributed by atoms with Crippen LogP contribution in [0.5, 0.6) is 0 Å². The Morgan fingerprint density at radius 3 is 3.06 bits per heavy atom. The van der Waals surface area contributed by atoms with Crippen LogP contribution in [0.25, 0.3) is 0 Å². The molecule has 1 fully saturated rings. The fourth-order valence-electron chi connectivity index (χ4n) is 1.78. The number of nitrogens with zero attached hydrogens (tertiary/aromatic N) is 3. The third-order valence-electron chi connectivity index (χ3n) is 2.99. The van der Waals surface area contributed by atoms with Gasteiger partial charge in [0.15, 0.2) is 5.16 Å². The minimum absolute atomic E-state index is 0.0609. The number of imidazole rings is 1. The number of hydrogen-bond donors (Lipinski definition) is 1. The maximum absolute atomic E-state index is 11.5. The number of aromatic amines is 1. The van der Waals surface area contributed by atoms with E-state index in [1.807, 2.05) is 17.8 Å². The van der Waals surface area contributed by atoms with E-state index < -0.39 is 0 Å². The topological polar surface area (TPSA) is 63.6 Å². The van der Waals surface area contributed by atoms with Gasteiger partial charge >= 0.3 is 0 Å². The Hall–Kier alpha value is -1.56. The zero-order valence-corrected chi connectivity index (χ0v) is 10.9. The van der Waals surface area contributed by atoms with Gasteiger partial charge in [-0.2, -0.15) is 0 Å². The maximum Gasteiger partial charge on any atom is 0.251 e. The van der Waals surface area contributed by atoms with Crippen LogP contribution in [0, 0.1) is 0 Å². The highest BCUT2D eigenvalue weighted by molar-refractivity contribution is 7.98. The summed E-state index contributed by atoms with van der Waals surface area (Å²) < 4.78 is 1.97.